The van der Waals surface area contributed by atoms with E-state index in [9.17, 15) is 19.2 Å². The molecule has 0 atom stereocenters. The Morgan fingerprint density at radius 1 is 0.900 bits per heavy atom. The van der Waals surface area contributed by atoms with Crippen LogP contribution in [-0.4, -0.2) is 33.5 Å². The van der Waals surface area contributed by atoms with Crippen molar-refractivity contribution < 1.29 is 19.2 Å². The normalized spacial score (nSPS) is 12.6. The molecule has 30 heavy (non-hydrogen) atoms. The van der Waals surface area contributed by atoms with Crippen LogP contribution in [0.25, 0.3) is 0 Å². The van der Waals surface area contributed by atoms with Crippen molar-refractivity contribution in [2.45, 2.75) is 6.54 Å². The molecule has 9 heteroatoms. The van der Waals surface area contributed by atoms with E-state index in [0.29, 0.717) is 21.2 Å². The predicted octanol–water partition coefficient (Wildman–Crippen LogP) is 2.65. The lowest BCUT2D eigenvalue weighted by molar-refractivity contribution is 0.0642. The summed E-state index contributed by atoms with van der Waals surface area (Å²) < 4.78 is 0.708. The third kappa shape index (κ3) is 3.74. The molecule has 0 bridgehead atoms. The maximum absolute atomic E-state index is 12.5. The van der Waals surface area contributed by atoms with Crippen molar-refractivity contribution in [2.24, 2.45) is 0 Å². The number of aromatic amines is 1. The van der Waals surface area contributed by atoms with Gasteiger partial charge in [-0.1, -0.05) is 24.3 Å². The van der Waals surface area contributed by atoms with E-state index >= 15 is 0 Å². The number of nitrogens with zero attached hydrogens (tertiary/aromatic N) is 1. The Morgan fingerprint density at radius 2 is 1.57 bits per heavy atom. The van der Waals surface area contributed by atoms with Crippen LogP contribution in [0, 0.1) is 0 Å². The largest absolute Gasteiger partial charge is 0.356 e. The maximum Gasteiger partial charge on any atom is 0.286 e. The van der Waals surface area contributed by atoms with Crippen molar-refractivity contribution >= 4 is 39.6 Å². The van der Waals surface area contributed by atoms with Gasteiger partial charge in [0.05, 0.1) is 17.7 Å². The van der Waals surface area contributed by atoms with Gasteiger partial charge in [0.25, 0.3) is 23.6 Å². The molecular weight excluding hydrogens is 452 g/mol. The Hall–Kier alpha value is -3.72. The lowest BCUT2D eigenvalue weighted by Gasteiger charge is -2.14. The average Bonchev–Trinajstić information content (AvgIpc) is 3.30. The first-order chi connectivity index (χ1) is 14.4. The van der Waals surface area contributed by atoms with Crippen LogP contribution in [0.1, 0.15) is 47.1 Å². The van der Waals surface area contributed by atoms with Crippen LogP contribution in [-0.2, 0) is 6.54 Å². The summed E-state index contributed by atoms with van der Waals surface area (Å²) in [6.45, 7) is 0.0380. The fourth-order valence-corrected chi connectivity index (χ4v) is 3.47. The molecule has 0 fully saturated rings. The Kier molecular flexibility index (Phi) is 5.20. The zero-order valence-corrected chi connectivity index (χ0v) is 17.0. The zero-order valence-electron chi connectivity index (χ0n) is 15.4. The summed E-state index contributed by atoms with van der Waals surface area (Å²) in [5, 5.41) is 0. The molecule has 0 spiro atoms. The number of hydrogen-bond donors (Lipinski definition) is 3. The minimum absolute atomic E-state index is 0.0380. The van der Waals surface area contributed by atoms with E-state index in [4.69, 9.17) is 0 Å². The van der Waals surface area contributed by atoms with Crippen LogP contribution in [0.5, 0.6) is 0 Å². The van der Waals surface area contributed by atoms with Crippen LogP contribution >= 0.6 is 15.9 Å². The first-order valence-electron chi connectivity index (χ1n) is 8.93. The van der Waals surface area contributed by atoms with E-state index < -0.39 is 11.8 Å². The van der Waals surface area contributed by atoms with Gasteiger partial charge in [0.15, 0.2) is 0 Å². The van der Waals surface area contributed by atoms with E-state index in [2.05, 4.69) is 31.8 Å². The molecular formula is C21H15BrN4O4. The lowest BCUT2D eigenvalue weighted by Crippen LogP contribution is -2.41. The topological polar surface area (TPSA) is 111 Å². The van der Waals surface area contributed by atoms with Gasteiger partial charge in [0.2, 0.25) is 0 Å². The molecule has 1 aromatic heterocycles. The van der Waals surface area contributed by atoms with Gasteiger partial charge in [-0.3, -0.25) is 34.9 Å². The number of rotatable bonds is 4. The van der Waals surface area contributed by atoms with Crippen LogP contribution in [0.3, 0.4) is 0 Å². The molecule has 0 unspecified atom stereocenters. The fourth-order valence-electron chi connectivity index (χ4n) is 3.13. The number of nitrogens with one attached hydrogen (secondary N) is 3. The minimum Gasteiger partial charge on any atom is -0.356 e. The number of aromatic nitrogens is 1. The van der Waals surface area contributed by atoms with Gasteiger partial charge in [0.1, 0.15) is 5.69 Å². The van der Waals surface area contributed by atoms with E-state index in [1.165, 1.54) is 0 Å². The number of fused-ring (bicyclic) bond motifs is 1. The van der Waals surface area contributed by atoms with Gasteiger partial charge < -0.3 is 4.98 Å². The van der Waals surface area contributed by atoms with E-state index in [-0.39, 0.29) is 29.6 Å². The second-order valence-corrected chi connectivity index (χ2v) is 7.50. The Bertz CT molecular complexity index is 1150. The van der Waals surface area contributed by atoms with Crippen molar-refractivity contribution in [3.05, 3.63) is 93.2 Å². The van der Waals surface area contributed by atoms with Gasteiger partial charge in [-0.05, 0) is 51.8 Å². The second-order valence-electron chi connectivity index (χ2n) is 6.58. The molecule has 1 aliphatic heterocycles. The summed E-state index contributed by atoms with van der Waals surface area (Å²) in [5.74, 6) is -1.76. The highest BCUT2D eigenvalue weighted by atomic mass is 79.9. The summed E-state index contributed by atoms with van der Waals surface area (Å²) in [6.07, 6.45) is 1.60. The molecule has 2 heterocycles. The fraction of sp³-hybridized carbons (Fsp3) is 0.0476. The summed E-state index contributed by atoms with van der Waals surface area (Å²) in [7, 11) is 0. The van der Waals surface area contributed by atoms with Crippen molar-refractivity contribution in [3.63, 3.8) is 0 Å². The molecule has 3 aromatic rings. The number of hydrazine groups is 1. The number of H-pyrrole nitrogens is 1. The van der Waals surface area contributed by atoms with E-state index in [1.807, 2.05) is 0 Å². The molecule has 150 valence electrons. The standard InChI is InChI=1S/C21H15BrN4O4/c22-14-9-17(23-10-14)19(28)25-24-18(27)13-5-3-4-12(8-13)11-26-20(29)15-6-1-2-7-16(15)21(26)30/h1-10,23H,11H2,(H,24,27)(H,25,28). The number of amides is 4. The maximum atomic E-state index is 12.5. The minimum atomic E-state index is -0.529. The Balaban J connectivity index is 1.43. The van der Waals surface area contributed by atoms with Gasteiger partial charge in [0, 0.05) is 16.2 Å². The van der Waals surface area contributed by atoms with Gasteiger partial charge in [-0.15, -0.1) is 0 Å². The number of hydrogen-bond acceptors (Lipinski definition) is 4. The molecule has 8 nitrogen and oxygen atoms in total. The van der Waals surface area contributed by atoms with E-state index in [1.54, 1.807) is 60.8 Å². The van der Waals surface area contributed by atoms with Crippen LogP contribution in [0.15, 0.2) is 65.3 Å². The quantitative estimate of drug-likeness (QED) is 0.405. The molecule has 0 saturated heterocycles. The predicted molar refractivity (Wildman–Crippen MR) is 111 cm³/mol. The zero-order chi connectivity index (χ0) is 21.3. The van der Waals surface area contributed by atoms with Gasteiger partial charge in [-0.25, -0.2) is 0 Å². The number of halogens is 1. The summed E-state index contributed by atoms with van der Waals surface area (Å²) in [5.41, 5.74) is 6.56. The first-order valence-corrected chi connectivity index (χ1v) is 9.72. The number of imide groups is 1. The molecule has 1 aliphatic rings. The van der Waals surface area contributed by atoms with Crippen molar-refractivity contribution in [1.82, 2.24) is 20.7 Å². The highest BCUT2D eigenvalue weighted by molar-refractivity contribution is 9.10. The van der Waals surface area contributed by atoms with Crippen LogP contribution in [0.4, 0.5) is 0 Å². The van der Waals surface area contributed by atoms with E-state index in [0.717, 1.165) is 4.90 Å². The van der Waals surface area contributed by atoms with Crippen LogP contribution in [0.2, 0.25) is 0 Å². The summed E-state index contributed by atoms with van der Waals surface area (Å²) in [4.78, 5) is 53.3. The number of benzene rings is 2. The third-order valence-electron chi connectivity index (χ3n) is 4.59. The SMILES string of the molecule is O=C(NNC(=O)c1cc(Br)c[nH]1)c1cccc(CN2C(=O)c3ccccc3C2=O)c1. The molecule has 2 aromatic carbocycles. The molecule has 3 N–H and O–H groups in total. The highest BCUT2D eigenvalue weighted by Crippen LogP contribution is 2.24. The highest BCUT2D eigenvalue weighted by Gasteiger charge is 2.34. The summed E-state index contributed by atoms with van der Waals surface area (Å²) >= 11 is 3.23. The molecule has 4 amide bonds. The summed E-state index contributed by atoms with van der Waals surface area (Å²) in [6, 6.07) is 14.7. The lowest BCUT2D eigenvalue weighted by atomic mass is 10.1. The number of carbonyl (C=O) groups excluding carboxylic acids is 4. The van der Waals surface area contributed by atoms with Crippen LogP contribution < -0.4 is 10.9 Å². The van der Waals surface area contributed by atoms with Crippen molar-refractivity contribution in [2.75, 3.05) is 0 Å². The molecule has 0 aliphatic carbocycles. The second kappa shape index (κ2) is 7.96. The molecule has 0 radical (unpaired) electrons. The smallest absolute Gasteiger partial charge is 0.286 e. The monoisotopic (exact) mass is 466 g/mol. The van der Waals surface area contributed by atoms with Gasteiger partial charge in [-0.2, -0.15) is 0 Å². The first kappa shape index (κ1) is 19.6. The molecule has 4 rings (SSSR count). The average molecular weight is 467 g/mol. The molecule has 0 saturated carbocycles. The Labute approximate surface area is 179 Å². The van der Waals surface area contributed by atoms with Crippen molar-refractivity contribution in [1.29, 1.82) is 0 Å². The number of carbonyl (C=O) groups is 4. The van der Waals surface area contributed by atoms with Crippen molar-refractivity contribution in [3.8, 4) is 0 Å². The van der Waals surface area contributed by atoms with Gasteiger partial charge >= 0.3 is 0 Å². The Morgan fingerprint density at radius 3 is 2.20 bits per heavy atom. The third-order valence-corrected chi connectivity index (χ3v) is 5.05.